The molecule has 154 valence electrons. The number of benzene rings is 1. The summed E-state index contributed by atoms with van der Waals surface area (Å²) in [5.41, 5.74) is 0.955. The van der Waals surface area contributed by atoms with Gasteiger partial charge in [-0.15, -0.1) is 24.0 Å². The molecule has 1 saturated heterocycles. The Kier molecular flexibility index (Phi) is 12.4. The predicted molar refractivity (Wildman–Crippen MR) is 126 cm³/mol. The third-order valence-electron chi connectivity index (χ3n) is 4.62. The van der Waals surface area contributed by atoms with Crippen molar-refractivity contribution in [1.82, 2.24) is 10.6 Å². The zero-order valence-electron chi connectivity index (χ0n) is 16.4. The number of halogens is 1. The fourth-order valence-corrected chi connectivity index (χ4v) is 4.36. The molecular weight excluding hydrogens is 473 g/mol. The minimum atomic E-state index is -0.455. The Balaban J connectivity index is 0.00000364. The van der Waals surface area contributed by atoms with Crippen molar-refractivity contribution in [3.05, 3.63) is 35.9 Å². The Morgan fingerprint density at radius 1 is 1.22 bits per heavy atom. The van der Waals surface area contributed by atoms with E-state index >= 15 is 0 Å². The molecule has 1 unspecified atom stereocenters. The minimum absolute atomic E-state index is 0. The Labute approximate surface area is 185 Å². The Morgan fingerprint density at radius 3 is 2.56 bits per heavy atom. The SMILES string of the molecule is CCNC(=NCC1(SCC)CCOCC1)NCCC(O)c1ccccc1.I. The molecule has 3 N–H and O–H groups in total. The van der Waals surface area contributed by atoms with Crippen LogP contribution >= 0.6 is 35.7 Å². The van der Waals surface area contributed by atoms with Gasteiger partial charge in [-0.1, -0.05) is 37.3 Å². The number of nitrogens with zero attached hydrogens (tertiary/aromatic N) is 1. The normalized spacial score (nSPS) is 17.7. The number of aliphatic hydroxyl groups excluding tert-OH is 1. The van der Waals surface area contributed by atoms with E-state index in [1.165, 1.54) is 0 Å². The van der Waals surface area contributed by atoms with E-state index in [0.717, 1.165) is 56.4 Å². The molecule has 0 amide bonds. The van der Waals surface area contributed by atoms with Gasteiger partial charge in [0.15, 0.2) is 5.96 Å². The van der Waals surface area contributed by atoms with Crippen LogP contribution in [0.4, 0.5) is 0 Å². The first-order chi connectivity index (χ1) is 12.7. The standard InChI is InChI=1S/C20H33N3O2S.HI/c1-3-21-19(22-13-10-18(24)17-8-6-5-7-9-17)23-16-20(26-4-2)11-14-25-15-12-20;/h5-9,18,24H,3-4,10-16H2,1-2H3,(H2,21,22,23);1H. The van der Waals surface area contributed by atoms with E-state index in [-0.39, 0.29) is 28.7 Å². The third kappa shape index (κ3) is 8.58. The van der Waals surface area contributed by atoms with Gasteiger partial charge in [0, 0.05) is 31.1 Å². The number of hydrogen-bond donors (Lipinski definition) is 3. The van der Waals surface area contributed by atoms with Gasteiger partial charge >= 0.3 is 0 Å². The topological polar surface area (TPSA) is 65.9 Å². The molecule has 0 saturated carbocycles. The van der Waals surface area contributed by atoms with Gasteiger partial charge in [0.05, 0.1) is 12.6 Å². The first-order valence-electron chi connectivity index (χ1n) is 9.66. The number of nitrogens with one attached hydrogen (secondary N) is 2. The quantitative estimate of drug-likeness (QED) is 0.271. The van der Waals surface area contributed by atoms with Crippen molar-refractivity contribution >= 4 is 41.7 Å². The summed E-state index contributed by atoms with van der Waals surface area (Å²) in [6.45, 7) is 8.24. The van der Waals surface area contributed by atoms with E-state index in [2.05, 4.69) is 24.5 Å². The van der Waals surface area contributed by atoms with Crippen molar-refractivity contribution in [1.29, 1.82) is 0 Å². The molecule has 0 aromatic heterocycles. The second-order valence-electron chi connectivity index (χ2n) is 6.57. The van der Waals surface area contributed by atoms with Gasteiger partial charge in [0.1, 0.15) is 0 Å². The van der Waals surface area contributed by atoms with E-state index in [9.17, 15) is 5.11 Å². The van der Waals surface area contributed by atoms with E-state index in [0.29, 0.717) is 13.0 Å². The highest BCUT2D eigenvalue weighted by Crippen LogP contribution is 2.35. The van der Waals surface area contributed by atoms with Crippen LogP contribution in [0.25, 0.3) is 0 Å². The zero-order chi connectivity index (χ0) is 18.7. The predicted octanol–water partition coefficient (Wildman–Crippen LogP) is 3.59. The highest BCUT2D eigenvalue weighted by molar-refractivity contribution is 14.0. The summed E-state index contributed by atoms with van der Waals surface area (Å²) in [5.74, 6) is 1.93. The lowest BCUT2D eigenvalue weighted by Gasteiger charge is -2.35. The van der Waals surface area contributed by atoms with Gasteiger partial charge in [-0.3, -0.25) is 4.99 Å². The van der Waals surface area contributed by atoms with E-state index in [1.54, 1.807) is 0 Å². The number of ether oxygens (including phenoxy) is 1. The van der Waals surface area contributed by atoms with Crippen LogP contribution in [-0.2, 0) is 4.74 Å². The Hall–Kier alpha value is -0.510. The first-order valence-corrected chi connectivity index (χ1v) is 10.6. The lowest BCUT2D eigenvalue weighted by molar-refractivity contribution is 0.0793. The van der Waals surface area contributed by atoms with Gasteiger partial charge in [-0.05, 0) is 37.5 Å². The second kappa shape index (κ2) is 13.6. The maximum Gasteiger partial charge on any atom is 0.191 e. The minimum Gasteiger partial charge on any atom is -0.388 e. The smallest absolute Gasteiger partial charge is 0.191 e. The van der Waals surface area contributed by atoms with Crippen LogP contribution in [0.15, 0.2) is 35.3 Å². The first kappa shape index (κ1) is 24.5. The van der Waals surface area contributed by atoms with Crippen molar-refractivity contribution in [2.24, 2.45) is 4.99 Å². The fourth-order valence-electron chi connectivity index (χ4n) is 3.13. The summed E-state index contributed by atoms with van der Waals surface area (Å²) in [5, 5.41) is 17.0. The van der Waals surface area contributed by atoms with Crippen LogP contribution in [0.3, 0.4) is 0 Å². The molecule has 27 heavy (non-hydrogen) atoms. The number of hydrogen-bond acceptors (Lipinski definition) is 4. The molecule has 2 rings (SSSR count). The van der Waals surface area contributed by atoms with Crippen molar-refractivity contribution < 1.29 is 9.84 Å². The monoisotopic (exact) mass is 507 g/mol. The molecule has 0 aliphatic carbocycles. The molecule has 0 spiro atoms. The largest absolute Gasteiger partial charge is 0.388 e. The molecule has 1 aliphatic rings. The lowest BCUT2D eigenvalue weighted by Crippen LogP contribution is -2.41. The van der Waals surface area contributed by atoms with Crippen LogP contribution in [0.2, 0.25) is 0 Å². The molecule has 1 fully saturated rings. The number of rotatable bonds is 9. The maximum atomic E-state index is 10.3. The van der Waals surface area contributed by atoms with Crippen molar-refractivity contribution in [3.63, 3.8) is 0 Å². The summed E-state index contributed by atoms with van der Waals surface area (Å²) in [4.78, 5) is 4.83. The summed E-state index contributed by atoms with van der Waals surface area (Å²) < 4.78 is 5.73. The number of aliphatic hydroxyl groups is 1. The third-order valence-corrected chi connectivity index (χ3v) is 6.06. The number of aliphatic imine (C=N–C) groups is 1. The van der Waals surface area contributed by atoms with Crippen LogP contribution in [-0.4, -0.2) is 54.4 Å². The van der Waals surface area contributed by atoms with Crippen LogP contribution < -0.4 is 10.6 Å². The van der Waals surface area contributed by atoms with Crippen LogP contribution in [0.1, 0.15) is 44.8 Å². The van der Waals surface area contributed by atoms with Crippen molar-refractivity contribution in [2.75, 3.05) is 38.6 Å². The highest BCUT2D eigenvalue weighted by Gasteiger charge is 2.32. The van der Waals surface area contributed by atoms with E-state index < -0.39 is 6.10 Å². The van der Waals surface area contributed by atoms with E-state index in [1.807, 2.05) is 42.1 Å². The van der Waals surface area contributed by atoms with Gasteiger partial charge < -0.3 is 20.5 Å². The fraction of sp³-hybridized carbons (Fsp3) is 0.650. The molecule has 0 radical (unpaired) electrons. The summed E-state index contributed by atoms with van der Waals surface area (Å²) >= 11 is 2.00. The molecule has 1 aliphatic heterocycles. The molecule has 1 atom stereocenters. The average Bonchev–Trinajstić information content (AvgIpc) is 2.68. The zero-order valence-corrected chi connectivity index (χ0v) is 19.6. The highest BCUT2D eigenvalue weighted by atomic mass is 127. The lowest BCUT2D eigenvalue weighted by atomic mass is 9.99. The molecule has 1 heterocycles. The average molecular weight is 507 g/mol. The Morgan fingerprint density at radius 2 is 1.93 bits per heavy atom. The summed E-state index contributed by atoms with van der Waals surface area (Å²) in [7, 11) is 0. The van der Waals surface area contributed by atoms with Gasteiger partial charge in [0.2, 0.25) is 0 Å². The second-order valence-corrected chi connectivity index (χ2v) is 8.30. The molecule has 0 bridgehead atoms. The van der Waals surface area contributed by atoms with Gasteiger partial charge in [-0.2, -0.15) is 11.8 Å². The number of thioether (sulfide) groups is 1. The molecule has 5 nitrogen and oxygen atoms in total. The molecule has 1 aromatic carbocycles. The summed E-state index contributed by atoms with van der Waals surface area (Å²) in [6, 6.07) is 9.79. The number of guanidine groups is 1. The van der Waals surface area contributed by atoms with Crippen molar-refractivity contribution in [2.45, 2.75) is 44.0 Å². The maximum absolute atomic E-state index is 10.3. The molecular formula is C20H34IN3O2S. The van der Waals surface area contributed by atoms with Crippen molar-refractivity contribution in [3.8, 4) is 0 Å². The van der Waals surface area contributed by atoms with Gasteiger partial charge in [-0.25, -0.2) is 0 Å². The van der Waals surface area contributed by atoms with Crippen LogP contribution in [0, 0.1) is 0 Å². The van der Waals surface area contributed by atoms with E-state index in [4.69, 9.17) is 9.73 Å². The molecule has 7 heteroatoms. The summed E-state index contributed by atoms with van der Waals surface area (Å²) in [6.07, 6.45) is 2.31. The molecule has 1 aromatic rings. The van der Waals surface area contributed by atoms with Gasteiger partial charge in [0.25, 0.3) is 0 Å². The Bertz CT molecular complexity index is 534. The van der Waals surface area contributed by atoms with Crippen LogP contribution in [0.5, 0.6) is 0 Å².